The molecule has 0 radical (unpaired) electrons. The van der Waals surface area contributed by atoms with Gasteiger partial charge in [-0.25, -0.2) is 24.5 Å². The van der Waals surface area contributed by atoms with Gasteiger partial charge in [-0.3, -0.25) is 9.59 Å². The van der Waals surface area contributed by atoms with Crippen LogP contribution >= 0.6 is 0 Å². The van der Waals surface area contributed by atoms with Crippen LogP contribution in [-0.2, 0) is 19.1 Å². The first-order valence-electron chi connectivity index (χ1n) is 20.7. The third kappa shape index (κ3) is 8.43. The Morgan fingerprint density at radius 3 is 1.65 bits per heavy atom. The number of fused-ring (bicyclic) bond motifs is 1. The molecule has 2 fully saturated rings. The highest BCUT2D eigenvalue weighted by Crippen LogP contribution is 2.38. The SMILES string of the molecule is COC(=O)N[C@H](C(=O)N1[C@@H](C)CC[C@H]1c1ncc(-c2ccc(-c3ccc4nc(-c5cnc([C@@H]6CC[C@H](C)N6C(=O)[C@@H](NC(=O)OC)C(C)C)[nH]5)ccc4c3)cc2)[nH]1)C(C)C. The van der Waals surface area contributed by atoms with Crippen molar-refractivity contribution in [2.75, 3.05) is 14.2 Å². The number of rotatable bonds is 11. The van der Waals surface area contributed by atoms with Crippen LogP contribution in [0.3, 0.4) is 0 Å². The molecule has 316 valence electrons. The fourth-order valence-electron chi connectivity index (χ4n) is 8.55. The molecule has 5 aromatic rings. The van der Waals surface area contributed by atoms with Crippen LogP contribution in [-0.4, -0.2) is 97.1 Å². The van der Waals surface area contributed by atoms with Gasteiger partial charge in [0.25, 0.3) is 0 Å². The monoisotopic (exact) mass is 817 g/mol. The summed E-state index contributed by atoms with van der Waals surface area (Å²) in [7, 11) is 2.58. The summed E-state index contributed by atoms with van der Waals surface area (Å²) in [6.07, 6.45) is 5.47. The normalized spacial score (nSPS) is 20.1. The van der Waals surface area contributed by atoms with Crippen LogP contribution in [0, 0.1) is 11.8 Å². The first-order chi connectivity index (χ1) is 28.8. The lowest BCUT2D eigenvalue weighted by molar-refractivity contribution is -0.138. The molecule has 2 saturated heterocycles. The number of alkyl carbamates (subject to hydrolysis) is 2. The quantitative estimate of drug-likeness (QED) is 0.104. The molecule has 0 spiro atoms. The average Bonchev–Trinajstić information content (AvgIpc) is 4.08. The lowest BCUT2D eigenvalue weighted by Crippen LogP contribution is -2.52. The number of methoxy groups -OCH3 is 2. The fraction of sp³-hybridized carbons (Fsp3) is 0.444. The lowest BCUT2D eigenvalue weighted by Gasteiger charge is -2.32. The van der Waals surface area contributed by atoms with Crippen molar-refractivity contribution < 1.29 is 28.7 Å². The van der Waals surface area contributed by atoms with E-state index in [2.05, 4.69) is 57.0 Å². The molecule has 7 rings (SSSR count). The maximum absolute atomic E-state index is 13.8. The van der Waals surface area contributed by atoms with Gasteiger partial charge in [-0.2, -0.15) is 0 Å². The van der Waals surface area contributed by atoms with E-state index in [1.165, 1.54) is 14.2 Å². The van der Waals surface area contributed by atoms with Crippen LogP contribution in [0.25, 0.3) is 44.7 Å². The Morgan fingerprint density at radius 1 is 0.650 bits per heavy atom. The molecule has 5 heterocycles. The van der Waals surface area contributed by atoms with Crippen molar-refractivity contribution in [1.82, 2.24) is 45.4 Å². The molecule has 3 aromatic heterocycles. The number of hydrogen-bond donors (Lipinski definition) is 4. The van der Waals surface area contributed by atoms with Gasteiger partial charge in [0, 0.05) is 17.5 Å². The van der Waals surface area contributed by atoms with Gasteiger partial charge >= 0.3 is 12.2 Å². The number of nitrogens with zero attached hydrogens (tertiary/aromatic N) is 5. The zero-order valence-electron chi connectivity index (χ0n) is 35.5. The Balaban J connectivity index is 1.04. The van der Waals surface area contributed by atoms with Crippen molar-refractivity contribution in [2.24, 2.45) is 11.8 Å². The second kappa shape index (κ2) is 17.5. The van der Waals surface area contributed by atoms with Crippen LogP contribution in [0.2, 0.25) is 0 Å². The van der Waals surface area contributed by atoms with Crippen molar-refractivity contribution in [3.8, 4) is 33.8 Å². The van der Waals surface area contributed by atoms with E-state index in [4.69, 9.17) is 24.4 Å². The fourth-order valence-corrected chi connectivity index (χ4v) is 8.55. The Morgan fingerprint density at radius 2 is 1.13 bits per heavy atom. The number of carbonyl (C=O) groups excluding carboxylic acids is 4. The van der Waals surface area contributed by atoms with Gasteiger partial charge in [-0.15, -0.1) is 0 Å². The maximum atomic E-state index is 13.8. The molecule has 60 heavy (non-hydrogen) atoms. The number of benzene rings is 2. The third-order valence-electron chi connectivity index (χ3n) is 11.9. The Bertz CT molecular complexity index is 2350. The number of ether oxygens (including phenoxy) is 2. The van der Waals surface area contributed by atoms with Gasteiger partial charge in [0.05, 0.1) is 61.3 Å². The van der Waals surface area contributed by atoms with E-state index in [0.717, 1.165) is 76.2 Å². The van der Waals surface area contributed by atoms with Crippen molar-refractivity contribution in [3.63, 3.8) is 0 Å². The van der Waals surface area contributed by atoms with Crippen molar-refractivity contribution in [2.45, 2.75) is 103 Å². The van der Waals surface area contributed by atoms with Crippen LogP contribution < -0.4 is 10.6 Å². The molecule has 2 aliphatic heterocycles. The summed E-state index contributed by atoms with van der Waals surface area (Å²) in [6.45, 7) is 11.7. The van der Waals surface area contributed by atoms with Gasteiger partial charge in [0.1, 0.15) is 23.7 Å². The number of amides is 4. The second-order valence-corrected chi connectivity index (χ2v) is 16.6. The number of imidazole rings is 2. The number of likely N-dealkylation sites (tertiary alicyclic amines) is 2. The molecule has 4 amide bonds. The zero-order chi connectivity index (χ0) is 42.8. The van der Waals surface area contributed by atoms with Crippen LogP contribution in [0.5, 0.6) is 0 Å². The molecule has 6 atom stereocenters. The zero-order valence-corrected chi connectivity index (χ0v) is 35.5. The van der Waals surface area contributed by atoms with E-state index in [9.17, 15) is 19.2 Å². The average molecular weight is 818 g/mol. The molecule has 0 saturated carbocycles. The largest absolute Gasteiger partial charge is 0.453 e. The molecule has 0 unspecified atom stereocenters. The summed E-state index contributed by atoms with van der Waals surface area (Å²) < 4.78 is 9.58. The molecule has 2 aliphatic rings. The van der Waals surface area contributed by atoms with E-state index in [1.807, 2.05) is 75.7 Å². The van der Waals surface area contributed by atoms with Gasteiger partial charge in [0.2, 0.25) is 11.8 Å². The number of nitrogens with one attached hydrogen (secondary N) is 4. The first-order valence-corrected chi connectivity index (χ1v) is 20.7. The van der Waals surface area contributed by atoms with Crippen LogP contribution in [0.15, 0.2) is 67.0 Å². The molecular weight excluding hydrogens is 763 g/mol. The summed E-state index contributed by atoms with van der Waals surface area (Å²) in [5.41, 5.74) is 6.25. The number of pyridine rings is 1. The summed E-state index contributed by atoms with van der Waals surface area (Å²) in [5.74, 6) is 0.855. The minimum absolute atomic E-state index is 0.00315. The number of H-pyrrole nitrogens is 2. The maximum Gasteiger partial charge on any atom is 0.407 e. The molecule has 2 aromatic carbocycles. The standard InChI is InChI=1S/C45H55N9O6/c1-24(2)38(51-44(57)59-7)42(55)53-26(5)9-19-36(53)40-46-22-34(49-40)29-13-11-28(12-14-29)30-15-17-32-31(21-30)16-18-33(48-32)35-23-47-41(50-35)37-20-10-27(6)54(37)43(56)39(25(3)4)52-45(58)60-8/h11-18,21-27,36-39H,9-10,19-20H2,1-8H3,(H,46,49)(H,47,50)(H,51,57)(H,52,58)/t26-,27-,36-,37-,38-,39-/m0/s1. The molecule has 0 aliphatic carbocycles. The molecule has 4 N–H and O–H groups in total. The summed E-state index contributed by atoms with van der Waals surface area (Å²) >= 11 is 0. The van der Waals surface area contributed by atoms with Crippen molar-refractivity contribution >= 4 is 34.9 Å². The number of hydrogen-bond acceptors (Lipinski definition) is 9. The van der Waals surface area contributed by atoms with Gasteiger partial charge in [-0.1, -0.05) is 64.1 Å². The highest BCUT2D eigenvalue weighted by Gasteiger charge is 2.42. The van der Waals surface area contributed by atoms with Crippen molar-refractivity contribution in [1.29, 1.82) is 0 Å². The summed E-state index contributed by atoms with van der Waals surface area (Å²) in [4.78, 5) is 76.6. The van der Waals surface area contributed by atoms with Gasteiger partial charge in [0.15, 0.2) is 0 Å². The molecular formula is C45H55N9O6. The minimum Gasteiger partial charge on any atom is -0.453 e. The van der Waals surface area contributed by atoms with Crippen LogP contribution in [0.4, 0.5) is 9.59 Å². The predicted molar refractivity (Wildman–Crippen MR) is 227 cm³/mol. The second-order valence-electron chi connectivity index (χ2n) is 16.6. The molecule has 0 bridgehead atoms. The minimum atomic E-state index is -0.717. The Kier molecular flexibility index (Phi) is 12.2. The van der Waals surface area contributed by atoms with Crippen molar-refractivity contribution in [3.05, 3.63) is 78.6 Å². The number of aromatic nitrogens is 5. The molecule has 15 nitrogen and oxygen atoms in total. The van der Waals surface area contributed by atoms with E-state index >= 15 is 0 Å². The predicted octanol–water partition coefficient (Wildman–Crippen LogP) is 7.55. The molecule has 15 heteroatoms. The van der Waals surface area contributed by atoms with E-state index in [1.54, 1.807) is 6.20 Å². The van der Waals surface area contributed by atoms with Gasteiger partial charge < -0.3 is 39.9 Å². The highest BCUT2D eigenvalue weighted by molar-refractivity contribution is 5.88. The smallest absolute Gasteiger partial charge is 0.407 e. The Hall–Kier alpha value is -6.25. The third-order valence-corrected chi connectivity index (χ3v) is 11.9. The van der Waals surface area contributed by atoms with E-state index in [0.29, 0.717) is 5.82 Å². The highest BCUT2D eigenvalue weighted by atomic mass is 16.5. The summed E-state index contributed by atoms with van der Waals surface area (Å²) in [5, 5.41) is 6.42. The number of carbonyl (C=O) groups is 4. The van der Waals surface area contributed by atoms with Crippen LogP contribution in [0.1, 0.15) is 91.0 Å². The number of aromatic amines is 2. The first kappa shape index (κ1) is 41.9. The summed E-state index contributed by atoms with van der Waals surface area (Å²) in [6, 6.07) is 16.5. The topological polar surface area (TPSA) is 188 Å². The van der Waals surface area contributed by atoms with E-state index < -0.39 is 24.3 Å². The van der Waals surface area contributed by atoms with E-state index in [-0.39, 0.29) is 47.8 Å². The van der Waals surface area contributed by atoms with Gasteiger partial charge in [-0.05, 0) is 86.3 Å². The lowest BCUT2D eigenvalue weighted by atomic mass is 10.0. The Labute approximate surface area is 350 Å².